The molecule has 0 aliphatic carbocycles. The van der Waals surface area contributed by atoms with Gasteiger partial charge in [-0.2, -0.15) is 0 Å². The van der Waals surface area contributed by atoms with Gasteiger partial charge in [0, 0.05) is 6.42 Å². The molecule has 0 saturated heterocycles. The molecule has 5 nitrogen and oxygen atoms in total. The average molecular weight is 317 g/mol. The zero-order chi connectivity index (χ0) is 14.7. The van der Waals surface area contributed by atoms with E-state index in [2.05, 4.69) is 20.5 Å². The van der Waals surface area contributed by atoms with Crippen molar-refractivity contribution in [3.8, 4) is 0 Å². The quantitative estimate of drug-likeness (QED) is 0.907. The molecule has 0 spiro atoms. The highest BCUT2D eigenvalue weighted by Crippen LogP contribution is 2.31. The van der Waals surface area contributed by atoms with E-state index in [9.17, 15) is 9.18 Å². The van der Waals surface area contributed by atoms with Crippen LogP contribution < -0.4 is 5.32 Å². The molecule has 106 valence electrons. The van der Waals surface area contributed by atoms with Gasteiger partial charge in [0.1, 0.15) is 11.6 Å². The smallest absolute Gasteiger partial charge is 0.295 e. The maximum atomic E-state index is 13.0. The van der Waals surface area contributed by atoms with E-state index in [-0.39, 0.29) is 21.6 Å². The van der Waals surface area contributed by atoms with E-state index < -0.39 is 11.7 Å². The first-order valence-electron chi connectivity index (χ1n) is 5.88. The summed E-state index contributed by atoms with van der Waals surface area (Å²) in [6.07, 6.45) is 1.57. The molecule has 0 radical (unpaired) electrons. The Labute approximate surface area is 124 Å². The SMILES string of the molecule is CCCc1nc(C(=O)Nc2c(Cl)cc(F)cc2Cl)n[nH]1. The Morgan fingerprint density at radius 1 is 1.40 bits per heavy atom. The van der Waals surface area contributed by atoms with Crippen molar-refractivity contribution in [2.24, 2.45) is 0 Å². The zero-order valence-corrected chi connectivity index (χ0v) is 12.0. The van der Waals surface area contributed by atoms with E-state index in [0.29, 0.717) is 12.2 Å². The van der Waals surface area contributed by atoms with Crippen LogP contribution in [0.2, 0.25) is 10.0 Å². The van der Waals surface area contributed by atoms with E-state index in [1.807, 2.05) is 6.92 Å². The van der Waals surface area contributed by atoms with E-state index in [1.165, 1.54) is 0 Å². The van der Waals surface area contributed by atoms with E-state index >= 15 is 0 Å². The number of amides is 1. The zero-order valence-electron chi connectivity index (χ0n) is 10.5. The van der Waals surface area contributed by atoms with Gasteiger partial charge in [0.25, 0.3) is 5.91 Å². The minimum atomic E-state index is -0.582. The number of hydrogen-bond acceptors (Lipinski definition) is 3. The third-order valence-corrected chi connectivity index (χ3v) is 3.06. The number of nitrogens with one attached hydrogen (secondary N) is 2. The van der Waals surface area contributed by atoms with Crippen molar-refractivity contribution in [3.05, 3.63) is 39.6 Å². The molecule has 1 heterocycles. The Morgan fingerprint density at radius 3 is 2.65 bits per heavy atom. The summed E-state index contributed by atoms with van der Waals surface area (Å²) in [7, 11) is 0. The first-order valence-corrected chi connectivity index (χ1v) is 6.64. The molecule has 1 aromatic carbocycles. The second kappa shape index (κ2) is 6.19. The van der Waals surface area contributed by atoms with Crippen molar-refractivity contribution < 1.29 is 9.18 Å². The summed E-state index contributed by atoms with van der Waals surface area (Å²) in [5.74, 6) is -0.556. The van der Waals surface area contributed by atoms with Crippen LogP contribution in [-0.2, 0) is 6.42 Å². The van der Waals surface area contributed by atoms with Crippen molar-refractivity contribution in [1.82, 2.24) is 15.2 Å². The lowest BCUT2D eigenvalue weighted by Gasteiger charge is -2.07. The first-order chi connectivity index (χ1) is 9.51. The van der Waals surface area contributed by atoms with Crippen molar-refractivity contribution in [2.45, 2.75) is 19.8 Å². The number of benzene rings is 1. The second-order valence-corrected chi connectivity index (χ2v) is 4.87. The topological polar surface area (TPSA) is 70.7 Å². The lowest BCUT2D eigenvalue weighted by Crippen LogP contribution is -2.14. The molecule has 0 aliphatic heterocycles. The predicted octanol–water partition coefficient (Wildman–Crippen LogP) is 3.46. The van der Waals surface area contributed by atoms with Gasteiger partial charge in [-0.1, -0.05) is 30.1 Å². The fraction of sp³-hybridized carbons (Fsp3) is 0.250. The van der Waals surface area contributed by atoms with Crippen LogP contribution in [0.4, 0.5) is 10.1 Å². The van der Waals surface area contributed by atoms with Gasteiger partial charge in [-0.3, -0.25) is 9.89 Å². The number of rotatable bonds is 4. The molecule has 1 amide bonds. The van der Waals surface area contributed by atoms with Gasteiger partial charge < -0.3 is 5.32 Å². The van der Waals surface area contributed by atoms with Gasteiger partial charge in [0.05, 0.1) is 15.7 Å². The van der Waals surface area contributed by atoms with E-state index in [4.69, 9.17) is 23.2 Å². The molecule has 0 unspecified atom stereocenters. The minimum Gasteiger partial charge on any atom is -0.317 e. The molecule has 2 N–H and O–H groups in total. The number of H-pyrrole nitrogens is 1. The number of halogens is 3. The number of aryl methyl sites for hydroxylation is 1. The van der Waals surface area contributed by atoms with E-state index in [1.54, 1.807) is 0 Å². The Morgan fingerprint density at radius 2 is 2.05 bits per heavy atom. The van der Waals surface area contributed by atoms with Crippen LogP contribution in [0.25, 0.3) is 0 Å². The van der Waals surface area contributed by atoms with Crippen LogP contribution in [0, 0.1) is 5.82 Å². The summed E-state index contributed by atoms with van der Waals surface area (Å²) < 4.78 is 13.0. The monoisotopic (exact) mass is 316 g/mol. The Balaban J connectivity index is 2.19. The summed E-state index contributed by atoms with van der Waals surface area (Å²) >= 11 is 11.7. The molecule has 0 aliphatic rings. The fourth-order valence-corrected chi connectivity index (χ4v) is 2.13. The molecular weight excluding hydrogens is 306 g/mol. The van der Waals surface area contributed by atoms with Gasteiger partial charge in [-0.05, 0) is 18.6 Å². The third kappa shape index (κ3) is 3.26. The molecule has 8 heteroatoms. The molecule has 0 fully saturated rings. The standard InChI is InChI=1S/C12H11Cl2FN4O/c1-2-3-9-16-11(19-18-9)12(20)17-10-7(13)4-6(15)5-8(10)14/h4-5H,2-3H2,1H3,(H,17,20)(H,16,18,19). The van der Waals surface area contributed by atoms with Gasteiger partial charge in [0.2, 0.25) is 5.82 Å². The predicted molar refractivity (Wildman–Crippen MR) is 74.8 cm³/mol. The molecule has 1 aromatic heterocycles. The number of anilines is 1. The maximum Gasteiger partial charge on any atom is 0.295 e. The average Bonchev–Trinajstić information content (AvgIpc) is 2.82. The molecule has 2 rings (SSSR count). The Bertz CT molecular complexity index is 621. The molecule has 0 saturated carbocycles. The third-order valence-electron chi connectivity index (χ3n) is 2.47. The second-order valence-electron chi connectivity index (χ2n) is 4.05. The maximum absolute atomic E-state index is 13.0. The molecule has 0 bridgehead atoms. The van der Waals surface area contributed by atoms with Gasteiger partial charge >= 0.3 is 0 Å². The number of carbonyl (C=O) groups is 1. The lowest BCUT2D eigenvalue weighted by atomic mass is 10.3. The Hall–Kier alpha value is -1.66. The van der Waals surface area contributed by atoms with Gasteiger partial charge in [-0.15, -0.1) is 5.10 Å². The van der Waals surface area contributed by atoms with Crippen LogP contribution in [0.5, 0.6) is 0 Å². The number of hydrogen-bond donors (Lipinski definition) is 2. The van der Waals surface area contributed by atoms with Crippen molar-refractivity contribution in [3.63, 3.8) is 0 Å². The van der Waals surface area contributed by atoms with Crippen molar-refractivity contribution in [2.75, 3.05) is 5.32 Å². The highest BCUT2D eigenvalue weighted by Gasteiger charge is 2.16. The summed E-state index contributed by atoms with van der Waals surface area (Å²) in [6.45, 7) is 1.99. The van der Waals surface area contributed by atoms with Gasteiger partial charge in [-0.25, -0.2) is 9.37 Å². The number of nitrogens with zero attached hydrogens (tertiary/aromatic N) is 2. The summed E-state index contributed by atoms with van der Waals surface area (Å²) in [5.41, 5.74) is 0.126. The van der Waals surface area contributed by atoms with Crippen molar-refractivity contribution in [1.29, 1.82) is 0 Å². The number of aromatic amines is 1. The number of carbonyl (C=O) groups excluding carboxylic acids is 1. The summed E-state index contributed by atoms with van der Waals surface area (Å²) in [5, 5.41) is 8.94. The highest BCUT2D eigenvalue weighted by atomic mass is 35.5. The Kier molecular flexibility index (Phi) is 4.57. The molecular formula is C12H11Cl2FN4O. The van der Waals surface area contributed by atoms with Crippen molar-refractivity contribution >= 4 is 34.8 Å². The normalized spacial score (nSPS) is 10.6. The largest absolute Gasteiger partial charge is 0.317 e. The fourth-order valence-electron chi connectivity index (χ4n) is 1.58. The lowest BCUT2D eigenvalue weighted by molar-refractivity contribution is 0.101. The van der Waals surface area contributed by atoms with Crippen LogP contribution in [0.1, 0.15) is 29.8 Å². The minimum absolute atomic E-state index is 0.00710. The molecule has 20 heavy (non-hydrogen) atoms. The highest BCUT2D eigenvalue weighted by molar-refractivity contribution is 6.39. The molecule has 2 aromatic rings. The first kappa shape index (κ1) is 14.7. The molecule has 0 atom stereocenters. The number of aromatic nitrogens is 3. The van der Waals surface area contributed by atoms with Crippen LogP contribution in [-0.4, -0.2) is 21.1 Å². The summed E-state index contributed by atoms with van der Waals surface area (Å²) in [6, 6.07) is 2.12. The van der Waals surface area contributed by atoms with Crippen LogP contribution in [0.15, 0.2) is 12.1 Å². The van der Waals surface area contributed by atoms with Crippen LogP contribution in [0.3, 0.4) is 0 Å². The summed E-state index contributed by atoms with van der Waals surface area (Å²) in [4.78, 5) is 16.0. The van der Waals surface area contributed by atoms with Crippen LogP contribution >= 0.6 is 23.2 Å². The van der Waals surface area contributed by atoms with Gasteiger partial charge in [0.15, 0.2) is 0 Å². The van der Waals surface area contributed by atoms with E-state index in [0.717, 1.165) is 18.6 Å².